The Morgan fingerprint density at radius 2 is 2.16 bits per heavy atom. The molecule has 19 heavy (non-hydrogen) atoms. The van der Waals surface area contributed by atoms with E-state index in [1.807, 2.05) is 6.07 Å². The van der Waals surface area contributed by atoms with Crippen LogP contribution in [0.1, 0.15) is 15.9 Å². The molecule has 3 nitrogen and oxygen atoms in total. The number of rotatable bonds is 4. The van der Waals surface area contributed by atoms with E-state index in [9.17, 15) is 9.18 Å². The molecule has 0 aliphatic carbocycles. The first kappa shape index (κ1) is 13.5. The van der Waals surface area contributed by atoms with Crippen LogP contribution in [0.4, 0.5) is 4.39 Å². The molecule has 0 saturated carbocycles. The summed E-state index contributed by atoms with van der Waals surface area (Å²) in [4.78, 5) is 15.6. The molecule has 0 unspecified atom stereocenters. The van der Waals surface area contributed by atoms with Crippen LogP contribution >= 0.6 is 11.6 Å². The van der Waals surface area contributed by atoms with Gasteiger partial charge in [0.2, 0.25) is 0 Å². The van der Waals surface area contributed by atoms with Crippen LogP contribution in [0.25, 0.3) is 0 Å². The monoisotopic (exact) mass is 278 g/mol. The lowest BCUT2D eigenvalue weighted by atomic mass is 10.1. The molecule has 0 saturated heterocycles. The summed E-state index contributed by atoms with van der Waals surface area (Å²) in [5.41, 5.74) is 1.30. The second-order valence-corrected chi connectivity index (χ2v) is 4.39. The molecule has 0 spiro atoms. The maximum atomic E-state index is 13.0. The number of nitrogens with one attached hydrogen (secondary N) is 1. The number of hydrogen-bond donors (Lipinski definition) is 1. The average Bonchev–Trinajstić information content (AvgIpc) is 2.38. The maximum Gasteiger partial charge on any atom is 0.251 e. The van der Waals surface area contributed by atoms with E-state index < -0.39 is 0 Å². The van der Waals surface area contributed by atoms with E-state index in [1.54, 1.807) is 12.1 Å². The van der Waals surface area contributed by atoms with Crippen molar-refractivity contribution in [2.24, 2.45) is 0 Å². The number of amides is 1. The van der Waals surface area contributed by atoms with Gasteiger partial charge in [0.25, 0.3) is 5.91 Å². The summed E-state index contributed by atoms with van der Waals surface area (Å²) in [6.07, 6.45) is 2.05. The van der Waals surface area contributed by atoms with E-state index in [4.69, 9.17) is 11.6 Å². The molecular formula is C14H12ClFN2O. The fourth-order valence-corrected chi connectivity index (χ4v) is 1.83. The zero-order valence-electron chi connectivity index (χ0n) is 10.1. The number of aromatic nitrogens is 1. The standard InChI is InChI=1S/C14H12ClFN2O/c15-13-9-11(5-7-17-13)14(19)18-6-4-10-2-1-3-12(16)8-10/h1-3,5,7-9H,4,6H2,(H,18,19). The number of benzene rings is 1. The van der Waals surface area contributed by atoms with Crippen LogP contribution in [0.2, 0.25) is 5.15 Å². The second-order valence-electron chi connectivity index (χ2n) is 4.00. The van der Waals surface area contributed by atoms with Gasteiger partial charge in [-0.15, -0.1) is 0 Å². The molecule has 0 aliphatic rings. The predicted octanol–water partition coefficient (Wildman–Crippen LogP) is 2.85. The molecule has 0 fully saturated rings. The van der Waals surface area contributed by atoms with Crippen molar-refractivity contribution < 1.29 is 9.18 Å². The van der Waals surface area contributed by atoms with Gasteiger partial charge in [0.15, 0.2) is 0 Å². The normalized spacial score (nSPS) is 10.2. The summed E-state index contributed by atoms with van der Waals surface area (Å²) in [5.74, 6) is -0.495. The van der Waals surface area contributed by atoms with Crippen LogP contribution in [0.3, 0.4) is 0 Å². The van der Waals surface area contributed by atoms with E-state index in [0.717, 1.165) is 5.56 Å². The van der Waals surface area contributed by atoms with Crippen LogP contribution in [0.15, 0.2) is 42.6 Å². The van der Waals surface area contributed by atoms with Crippen molar-refractivity contribution in [1.29, 1.82) is 0 Å². The third-order valence-electron chi connectivity index (χ3n) is 2.58. The minimum atomic E-state index is -0.273. The first-order valence-corrected chi connectivity index (χ1v) is 6.17. The van der Waals surface area contributed by atoms with Crippen LogP contribution in [0, 0.1) is 5.82 Å². The molecular weight excluding hydrogens is 267 g/mol. The third-order valence-corrected chi connectivity index (χ3v) is 2.78. The van der Waals surface area contributed by atoms with Gasteiger partial charge in [-0.1, -0.05) is 23.7 Å². The molecule has 2 rings (SSSR count). The molecule has 0 atom stereocenters. The van der Waals surface area contributed by atoms with Crippen LogP contribution in [-0.2, 0) is 6.42 Å². The molecule has 5 heteroatoms. The summed E-state index contributed by atoms with van der Waals surface area (Å²) >= 11 is 5.70. The van der Waals surface area contributed by atoms with Crippen LogP contribution in [0.5, 0.6) is 0 Å². The Bertz CT molecular complexity index is 589. The third kappa shape index (κ3) is 4.03. The van der Waals surface area contributed by atoms with Gasteiger partial charge in [0.05, 0.1) is 0 Å². The Morgan fingerprint density at radius 3 is 2.89 bits per heavy atom. The van der Waals surface area contributed by atoms with Gasteiger partial charge in [-0.3, -0.25) is 4.79 Å². The van der Waals surface area contributed by atoms with Gasteiger partial charge in [-0.05, 0) is 36.2 Å². The highest BCUT2D eigenvalue weighted by molar-refractivity contribution is 6.29. The Hall–Kier alpha value is -1.94. The van der Waals surface area contributed by atoms with Crippen molar-refractivity contribution in [2.45, 2.75) is 6.42 Å². The molecule has 1 aromatic heterocycles. The smallest absolute Gasteiger partial charge is 0.251 e. The molecule has 1 N–H and O–H groups in total. The largest absolute Gasteiger partial charge is 0.352 e. The van der Waals surface area contributed by atoms with Crippen LogP contribution < -0.4 is 5.32 Å². The van der Waals surface area contributed by atoms with Gasteiger partial charge >= 0.3 is 0 Å². The summed E-state index contributed by atoms with van der Waals surface area (Å²) < 4.78 is 13.0. The van der Waals surface area contributed by atoms with E-state index in [2.05, 4.69) is 10.3 Å². The molecule has 98 valence electrons. The second kappa shape index (κ2) is 6.29. The van der Waals surface area contributed by atoms with Crippen molar-refractivity contribution in [2.75, 3.05) is 6.54 Å². The number of nitrogens with zero attached hydrogens (tertiary/aromatic N) is 1. The maximum absolute atomic E-state index is 13.0. The van der Waals surface area contributed by atoms with Crippen molar-refractivity contribution in [3.8, 4) is 0 Å². The average molecular weight is 279 g/mol. The molecule has 1 aromatic carbocycles. The minimum Gasteiger partial charge on any atom is -0.352 e. The van der Waals surface area contributed by atoms with E-state index in [1.165, 1.54) is 24.4 Å². The number of hydrogen-bond acceptors (Lipinski definition) is 2. The summed E-state index contributed by atoms with van der Waals surface area (Å²) in [6, 6.07) is 9.40. The Kier molecular flexibility index (Phi) is 4.47. The van der Waals surface area contributed by atoms with Gasteiger partial charge in [-0.2, -0.15) is 0 Å². The fourth-order valence-electron chi connectivity index (χ4n) is 1.66. The van der Waals surface area contributed by atoms with Gasteiger partial charge in [-0.25, -0.2) is 9.37 Å². The Labute approximate surface area is 115 Å². The zero-order valence-corrected chi connectivity index (χ0v) is 10.8. The highest BCUT2D eigenvalue weighted by Gasteiger charge is 2.05. The van der Waals surface area contributed by atoms with E-state index >= 15 is 0 Å². The lowest BCUT2D eigenvalue weighted by molar-refractivity contribution is 0.0954. The molecule has 0 aliphatic heterocycles. The zero-order chi connectivity index (χ0) is 13.7. The van der Waals surface area contributed by atoms with Crippen molar-refractivity contribution in [1.82, 2.24) is 10.3 Å². The minimum absolute atomic E-state index is 0.222. The van der Waals surface area contributed by atoms with E-state index in [0.29, 0.717) is 18.5 Å². The SMILES string of the molecule is O=C(NCCc1cccc(F)c1)c1ccnc(Cl)c1. The van der Waals surface area contributed by atoms with Crippen molar-refractivity contribution in [3.63, 3.8) is 0 Å². The van der Waals surface area contributed by atoms with Gasteiger partial charge in [0, 0.05) is 18.3 Å². The molecule has 1 heterocycles. The Balaban J connectivity index is 1.87. The van der Waals surface area contributed by atoms with E-state index in [-0.39, 0.29) is 16.9 Å². The van der Waals surface area contributed by atoms with Crippen LogP contribution in [-0.4, -0.2) is 17.4 Å². The number of pyridine rings is 1. The van der Waals surface area contributed by atoms with Crippen molar-refractivity contribution >= 4 is 17.5 Å². The number of carbonyl (C=O) groups is 1. The number of carbonyl (C=O) groups excluding carboxylic acids is 1. The predicted molar refractivity (Wildman–Crippen MR) is 71.7 cm³/mol. The summed E-state index contributed by atoms with van der Waals surface area (Å²) in [5, 5.41) is 3.02. The molecule has 0 bridgehead atoms. The molecule has 2 aromatic rings. The Morgan fingerprint density at radius 1 is 1.32 bits per heavy atom. The first-order chi connectivity index (χ1) is 9.15. The summed E-state index contributed by atoms with van der Waals surface area (Å²) in [7, 11) is 0. The lowest BCUT2D eigenvalue weighted by Gasteiger charge is -2.05. The quantitative estimate of drug-likeness (QED) is 0.874. The van der Waals surface area contributed by atoms with Gasteiger partial charge < -0.3 is 5.32 Å². The van der Waals surface area contributed by atoms with Crippen molar-refractivity contribution in [3.05, 3.63) is 64.7 Å². The highest BCUT2D eigenvalue weighted by Crippen LogP contribution is 2.07. The fraction of sp³-hybridized carbons (Fsp3) is 0.143. The topological polar surface area (TPSA) is 42.0 Å². The number of halogens is 2. The molecule has 1 amide bonds. The first-order valence-electron chi connectivity index (χ1n) is 5.79. The summed E-state index contributed by atoms with van der Waals surface area (Å²) in [6.45, 7) is 0.433. The highest BCUT2D eigenvalue weighted by atomic mass is 35.5. The lowest BCUT2D eigenvalue weighted by Crippen LogP contribution is -2.25. The van der Waals surface area contributed by atoms with Gasteiger partial charge in [0.1, 0.15) is 11.0 Å². The molecule has 0 radical (unpaired) electrons.